The molecule has 154 valence electrons. The summed E-state index contributed by atoms with van der Waals surface area (Å²) >= 11 is 0. The molecule has 1 heterocycles. The molecule has 1 aromatic heterocycles. The molecule has 30 heavy (non-hydrogen) atoms. The van der Waals surface area contributed by atoms with Gasteiger partial charge in [0.2, 0.25) is 5.91 Å². The van der Waals surface area contributed by atoms with E-state index in [2.05, 4.69) is 10.3 Å². The molecule has 4 rings (SSSR count). The minimum Gasteiger partial charge on any atom is -0.345 e. The van der Waals surface area contributed by atoms with E-state index in [1.54, 1.807) is 49.0 Å². The third kappa shape index (κ3) is 4.10. The number of amides is 2. The molecule has 1 aliphatic carbocycles. The molecule has 1 fully saturated rings. The number of hydrogen-bond donors (Lipinski definition) is 1. The lowest BCUT2D eigenvalue weighted by molar-refractivity contribution is -0.116. The quantitative estimate of drug-likeness (QED) is 0.685. The highest BCUT2D eigenvalue weighted by atomic mass is 16.2. The summed E-state index contributed by atoms with van der Waals surface area (Å²) in [6.45, 7) is 0. The minimum absolute atomic E-state index is 0.0339. The van der Waals surface area contributed by atoms with Gasteiger partial charge in [0.1, 0.15) is 5.82 Å². The molecule has 1 aliphatic rings. The van der Waals surface area contributed by atoms with E-state index in [4.69, 9.17) is 0 Å². The fourth-order valence-electron chi connectivity index (χ4n) is 3.51. The molecule has 1 N–H and O–H groups in total. The van der Waals surface area contributed by atoms with E-state index in [9.17, 15) is 14.4 Å². The first kappa shape index (κ1) is 19.8. The van der Waals surface area contributed by atoms with Gasteiger partial charge in [-0.2, -0.15) is 0 Å². The molecule has 2 aromatic carbocycles. The number of rotatable bonds is 6. The number of carbonyl (C=O) groups excluding carboxylic acids is 2. The number of nitrogens with zero attached hydrogens (tertiary/aromatic N) is 3. The summed E-state index contributed by atoms with van der Waals surface area (Å²) in [5.74, 6) is 0.335. The fraction of sp³-hybridized carbons (Fsp3) is 0.304. The second kappa shape index (κ2) is 8.10. The summed E-state index contributed by atoms with van der Waals surface area (Å²) < 4.78 is 1.76. The molecule has 0 unspecified atom stereocenters. The Kier molecular flexibility index (Phi) is 5.35. The third-order valence-electron chi connectivity index (χ3n) is 5.17. The molecule has 0 bridgehead atoms. The van der Waals surface area contributed by atoms with Gasteiger partial charge in [-0.1, -0.05) is 18.2 Å². The number of aromatic nitrogens is 2. The summed E-state index contributed by atoms with van der Waals surface area (Å²) in [5, 5.41) is 3.45. The van der Waals surface area contributed by atoms with Gasteiger partial charge in [0.15, 0.2) is 0 Å². The average Bonchev–Trinajstić information content (AvgIpc) is 3.57. The molecule has 7 heteroatoms. The van der Waals surface area contributed by atoms with Crippen molar-refractivity contribution in [1.82, 2.24) is 14.5 Å². The molecule has 0 aliphatic heterocycles. The first-order valence-corrected chi connectivity index (χ1v) is 10.1. The zero-order chi connectivity index (χ0) is 21.3. The van der Waals surface area contributed by atoms with Gasteiger partial charge in [-0.05, 0) is 43.2 Å². The SMILES string of the molecule is CN(C)C(=O)c1cccc(NC(=O)CCc2nc3ccccc3c(=O)n2C2CC2)c1. The molecule has 0 radical (unpaired) electrons. The van der Waals surface area contributed by atoms with Crippen LogP contribution in [0, 0.1) is 0 Å². The van der Waals surface area contributed by atoms with Crippen molar-refractivity contribution in [1.29, 1.82) is 0 Å². The summed E-state index contributed by atoms with van der Waals surface area (Å²) in [6.07, 6.45) is 2.50. The Hall–Kier alpha value is -3.48. The maximum atomic E-state index is 12.9. The van der Waals surface area contributed by atoms with E-state index < -0.39 is 0 Å². The number of anilines is 1. The Morgan fingerprint density at radius 3 is 2.63 bits per heavy atom. The zero-order valence-electron chi connectivity index (χ0n) is 17.1. The van der Waals surface area contributed by atoms with Crippen LogP contribution in [0.4, 0.5) is 5.69 Å². The van der Waals surface area contributed by atoms with Crippen molar-refractivity contribution in [3.63, 3.8) is 0 Å². The fourth-order valence-corrected chi connectivity index (χ4v) is 3.51. The van der Waals surface area contributed by atoms with Gasteiger partial charge in [0.25, 0.3) is 11.5 Å². The van der Waals surface area contributed by atoms with Crippen LogP contribution in [0.2, 0.25) is 0 Å². The van der Waals surface area contributed by atoms with E-state index in [0.29, 0.717) is 34.4 Å². The first-order valence-electron chi connectivity index (χ1n) is 10.1. The standard InChI is InChI=1S/C23H24N4O3/c1-26(2)22(29)15-6-5-7-16(14-15)24-21(28)13-12-20-25-19-9-4-3-8-18(19)23(30)27(20)17-10-11-17/h3-9,14,17H,10-13H2,1-2H3,(H,24,28). The number of para-hydroxylation sites is 1. The van der Waals surface area contributed by atoms with Crippen molar-refractivity contribution in [3.05, 3.63) is 70.3 Å². The predicted molar refractivity (Wildman–Crippen MR) is 116 cm³/mol. The number of carbonyl (C=O) groups is 2. The van der Waals surface area contributed by atoms with Crippen molar-refractivity contribution in [2.24, 2.45) is 0 Å². The number of aryl methyl sites for hydroxylation is 1. The van der Waals surface area contributed by atoms with Crippen molar-refractivity contribution in [3.8, 4) is 0 Å². The van der Waals surface area contributed by atoms with E-state index in [0.717, 1.165) is 12.8 Å². The molecule has 7 nitrogen and oxygen atoms in total. The lowest BCUT2D eigenvalue weighted by Crippen LogP contribution is -2.25. The van der Waals surface area contributed by atoms with E-state index in [1.165, 1.54) is 4.90 Å². The van der Waals surface area contributed by atoms with Crippen LogP contribution >= 0.6 is 0 Å². The van der Waals surface area contributed by atoms with Crippen molar-refractivity contribution >= 4 is 28.4 Å². The Morgan fingerprint density at radius 1 is 1.13 bits per heavy atom. The van der Waals surface area contributed by atoms with Crippen molar-refractivity contribution < 1.29 is 9.59 Å². The Morgan fingerprint density at radius 2 is 1.90 bits per heavy atom. The van der Waals surface area contributed by atoms with Crippen LogP contribution in [0.15, 0.2) is 53.3 Å². The first-order chi connectivity index (χ1) is 14.4. The lowest BCUT2D eigenvalue weighted by Gasteiger charge is -2.13. The molecule has 3 aromatic rings. The second-order valence-corrected chi connectivity index (χ2v) is 7.78. The summed E-state index contributed by atoms with van der Waals surface area (Å²) in [7, 11) is 3.37. The molecule has 1 saturated carbocycles. The second-order valence-electron chi connectivity index (χ2n) is 7.78. The average molecular weight is 404 g/mol. The number of fused-ring (bicyclic) bond motifs is 1. The van der Waals surface area contributed by atoms with Gasteiger partial charge < -0.3 is 10.2 Å². The third-order valence-corrected chi connectivity index (χ3v) is 5.17. The highest BCUT2D eigenvalue weighted by Crippen LogP contribution is 2.34. The van der Waals surface area contributed by atoms with Gasteiger partial charge in [-0.15, -0.1) is 0 Å². The minimum atomic E-state index is -0.186. The maximum absolute atomic E-state index is 12.9. The number of hydrogen-bond acceptors (Lipinski definition) is 4. The smallest absolute Gasteiger partial charge is 0.261 e. The van der Waals surface area contributed by atoms with Crippen LogP contribution in [-0.4, -0.2) is 40.4 Å². The Labute approximate surface area is 174 Å². The Balaban J connectivity index is 1.50. The summed E-state index contributed by atoms with van der Waals surface area (Å²) in [4.78, 5) is 43.7. The summed E-state index contributed by atoms with van der Waals surface area (Å²) in [5.41, 5.74) is 1.70. The van der Waals surface area contributed by atoms with Crippen LogP contribution in [0.1, 0.15) is 41.5 Å². The topological polar surface area (TPSA) is 84.3 Å². The van der Waals surface area contributed by atoms with Crippen molar-refractivity contribution in [2.75, 3.05) is 19.4 Å². The van der Waals surface area contributed by atoms with E-state index >= 15 is 0 Å². The maximum Gasteiger partial charge on any atom is 0.261 e. The van der Waals surface area contributed by atoms with Crippen molar-refractivity contribution in [2.45, 2.75) is 31.7 Å². The van der Waals surface area contributed by atoms with Gasteiger partial charge in [-0.3, -0.25) is 19.0 Å². The van der Waals surface area contributed by atoms with E-state index in [1.807, 2.05) is 18.2 Å². The van der Waals surface area contributed by atoms with Crippen LogP contribution in [0.5, 0.6) is 0 Å². The van der Waals surface area contributed by atoms with Crippen LogP contribution < -0.4 is 10.9 Å². The van der Waals surface area contributed by atoms with Gasteiger partial charge in [0, 0.05) is 44.2 Å². The van der Waals surface area contributed by atoms with Crippen LogP contribution in [-0.2, 0) is 11.2 Å². The van der Waals surface area contributed by atoms with Gasteiger partial charge in [-0.25, -0.2) is 4.98 Å². The molecule has 0 atom stereocenters. The largest absolute Gasteiger partial charge is 0.345 e. The normalized spacial score (nSPS) is 13.3. The number of nitrogens with one attached hydrogen (secondary N) is 1. The molecule has 0 saturated heterocycles. The monoisotopic (exact) mass is 404 g/mol. The number of benzene rings is 2. The zero-order valence-corrected chi connectivity index (χ0v) is 17.1. The molecule has 2 amide bonds. The molecular formula is C23H24N4O3. The summed E-state index contributed by atoms with van der Waals surface area (Å²) in [6, 6.07) is 14.4. The van der Waals surface area contributed by atoms with Gasteiger partial charge >= 0.3 is 0 Å². The molecular weight excluding hydrogens is 380 g/mol. The highest BCUT2D eigenvalue weighted by molar-refractivity contribution is 5.97. The Bertz CT molecular complexity index is 1180. The molecule has 0 spiro atoms. The lowest BCUT2D eigenvalue weighted by atomic mass is 10.1. The van der Waals surface area contributed by atoms with E-state index in [-0.39, 0.29) is 29.8 Å². The van der Waals surface area contributed by atoms with Crippen LogP contribution in [0.25, 0.3) is 10.9 Å². The highest BCUT2D eigenvalue weighted by Gasteiger charge is 2.28. The van der Waals surface area contributed by atoms with Crippen LogP contribution in [0.3, 0.4) is 0 Å². The van der Waals surface area contributed by atoms with Gasteiger partial charge in [0.05, 0.1) is 10.9 Å². The predicted octanol–water partition coefficient (Wildman–Crippen LogP) is 3.00.